The molecule has 0 saturated heterocycles. The summed E-state index contributed by atoms with van der Waals surface area (Å²) >= 11 is 0. The van der Waals surface area contributed by atoms with Crippen molar-refractivity contribution in [3.05, 3.63) is 64.2 Å². The van der Waals surface area contributed by atoms with Crippen molar-refractivity contribution in [1.29, 1.82) is 0 Å². The van der Waals surface area contributed by atoms with Crippen molar-refractivity contribution < 1.29 is 22.7 Å². The molecule has 0 spiro atoms. The van der Waals surface area contributed by atoms with E-state index in [1.165, 1.54) is 17.6 Å². The molecular weight excluding hydrogens is 466 g/mol. The van der Waals surface area contributed by atoms with Crippen molar-refractivity contribution in [2.24, 2.45) is 5.10 Å². The van der Waals surface area contributed by atoms with Crippen molar-refractivity contribution in [2.45, 2.75) is 63.8 Å². The average molecular weight is 500 g/mol. The number of nitrogens with zero attached hydrogens (tertiary/aromatic N) is 2. The first-order chi connectivity index (χ1) is 16.6. The second-order valence-electron chi connectivity index (χ2n) is 8.98. The maximum absolute atomic E-state index is 13.8. The Hall–Kier alpha value is -3.04. The highest BCUT2D eigenvalue weighted by atomic mass is 32.2. The largest absolute Gasteiger partial charge is 0.465 e. The molecule has 9 heteroatoms. The van der Waals surface area contributed by atoms with Gasteiger partial charge in [0, 0.05) is 6.04 Å². The monoisotopic (exact) mass is 499 g/mol. The molecule has 1 fully saturated rings. The zero-order valence-electron chi connectivity index (χ0n) is 20.7. The molecule has 0 aromatic heterocycles. The van der Waals surface area contributed by atoms with Gasteiger partial charge in [0.25, 0.3) is 5.91 Å². The molecule has 0 radical (unpaired) electrons. The van der Waals surface area contributed by atoms with E-state index in [9.17, 15) is 18.0 Å². The van der Waals surface area contributed by atoms with Crippen LogP contribution in [0.2, 0.25) is 0 Å². The number of hydrogen-bond acceptors (Lipinski definition) is 6. The molecule has 3 rings (SSSR count). The fourth-order valence-electron chi connectivity index (χ4n) is 4.65. The van der Waals surface area contributed by atoms with Crippen LogP contribution in [0, 0.1) is 20.8 Å². The molecule has 0 heterocycles. The highest BCUT2D eigenvalue weighted by Gasteiger charge is 2.35. The van der Waals surface area contributed by atoms with Gasteiger partial charge in [-0.05, 0) is 62.4 Å². The van der Waals surface area contributed by atoms with Crippen LogP contribution in [0.15, 0.2) is 46.4 Å². The lowest BCUT2D eigenvalue weighted by atomic mass is 9.95. The Kier molecular flexibility index (Phi) is 8.80. The zero-order chi connectivity index (χ0) is 25.6. The Balaban J connectivity index is 1.78. The zero-order valence-corrected chi connectivity index (χ0v) is 21.5. The van der Waals surface area contributed by atoms with Gasteiger partial charge in [-0.3, -0.25) is 4.79 Å². The number of hydrogen-bond donors (Lipinski definition) is 1. The molecule has 1 aliphatic rings. The van der Waals surface area contributed by atoms with E-state index in [1.54, 1.807) is 38.1 Å². The Morgan fingerprint density at radius 3 is 2.23 bits per heavy atom. The Morgan fingerprint density at radius 1 is 1.06 bits per heavy atom. The van der Waals surface area contributed by atoms with Gasteiger partial charge in [-0.1, -0.05) is 49.1 Å². The van der Waals surface area contributed by atoms with Crippen molar-refractivity contribution in [3.8, 4) is 0 Å². The molecule has 1 aliphatic carbocycles. The van der Waals surface area contributed by atoms with Gasteiger partial charge in [-0.25, -0.2) is 18.6 Å². The number of carbonyl (C=O) groups is 2. The molecule has 1 N–H and O–H groups in total. The van der Waals surface area contributed by atoms with Gasteiger partial charge in [-0.15, -0.1) is 0 Å². The number of hydrazone groups is 1. The highest BCUT2D eigenvalue weighted by Crippen LogP contribution is 2.31. The molecule has 0 aliphatic heterocycles. The predicted octanol–water partition coefficient (Wildman–Crippen LogP) is 3.87. The van der Waals surface area contributed by atoms with Crippen molar-refractivity contribution >= 4 is 28.1 Å². The second kappa shape index (κ2) is 11.6. The van der Waals surface area contributed by atoms with Crippen LogP contribution < -0.4 is 5.43 Å². The first-order valence-corrected chi connectivity index (χ1v) is 13.2. The van der Waals surface area contributed by atoms with Crippen LogP contribution in [-0.4, -0.2) is 50.5 Å². The van der Waals surface area contributed by atoms with Gasteiger partial charge in [-0.2, -0.15) is 9.41 Å². The van der Waals surface area contributed by atoms with Gasteiger partial charge in [0.15, 0.2) is 0 Å². The summed E-state index contributed by atoms with van der Waals surface area (Å²) in [5, 5.41) is 3.97. The van der Waals surface area contributed by atoms with Crippen LogP contribution in [0.3, 0.4) is 0 Å². The number of carbonyl (C=O) groups excluding carboxylic acids is 2. The van der Waals surface area contributed by atoms with E-state index < -0.39 is 21.9 Å². The third kappa shape index (κ3) is 6.55. The van der Waals surface area contributed by atoms with E-state index in [-0.39, 0.29) is 17.5 Å². The number of aryl methyl sites for hydroxylation is 3. The summed E-state index contributed by atoms with van der Waals surface area (Å²) in [5.74, 6) is -0.950. The molecule has 0 bridgehead atoms. The number of sulfonamides is 1. The normalized spacial score (nSPS) is 14.9. The minimum absolute atomic E-state index is 0.227. The van der Waals surface area contributed by atoms with E-state index in [0.29, 0.717) is 22.3 Å². The molecule has 1 saturated carbocycles. The van der Waals surface area contributed by atoms with Crippen molar-refractivity contribution in [2.75, 3.05) is 13.7 Å². The summed E-state index contributed by atoms with van der Waals surface area (Å²) in [7, 11) is -2.58. The van der Waals surface area contributed by atoms with Crippen LogP contribution in [0.5, 0.6) is 0 Å². The van der Waals surface area contributed by atoms with E-state index in [1.807, 2.05) is 19.1 Å². The number of methoxy groups -OCH3 is 1. The first kappa shape index (κ1) is 26.6. The quantitative estimate of drug-likeness (QED) is 0.337. The lowest BCUT2D eigenvalue weighted by molar-refractivity contribution is -0.121. The summed E-state index contributed by atoms with van der Waals surface area (Å²) in [6.07, 6.45) is 5.83. The summed E-state index contributed by atoms with van der Waals surface area (Å²) in [4.78, 5) is 24.6. The first-order valence-electron chi connectivity index (χ1n) is 11.7. The molecule has 2 aromatic rings. The van der Waals surface area contributed by atoms with Crippen LogP contribution in [0.25, 0.3) is 0 Å². The Morgan fingerprint density at radius 2 is 1.66 bits per heavy atom. The predicted molar refractivity (Wildman–Crippen MR) is 135 cm³/mol. The van der Waals surface area contributed by atoms with Gasteiger partial charge < -0.3 is 4.74 Å². The highest BCUT2D eigenvalue weighted by molar-refractivity contribution is 7.89. The minimum atomic E-state index is -3.89. The van der Waals surface area contributed by atoms with E-state index in [0.717, 1.165) is 37.7 Å². The number of rotatable bonds is 8. The van der Waals surface area contributed by atoms with Crippen LogP contribution >= 0.6 is 0 Å². The maximum atomic E-state index is 13.8. The minimum Gasteiger partial charge on any atom is -0.465 e. The second-order valence-corrected chi connectivity index (χ2v) is 10.8. The van der Waals surface area contributed by atoms with Crippen LogP contribution in [-0.2, 0) is 19.6 Å². The van der Waals surface area contributed by atoms with Gasteiger partial charge >= 0.3 is 5.97 Å². The molecule has 0 unspecified atom stereocenters. The molecule has 1 amide bonds. The standard InChI is InChI=1S/C26H33N3O5S/c1-18-14-19(2)25(20(3)15-18)35(32,33)29(23-8-6-5-7-9-23)17-24(30)28-27-16-21-10-12-22(13-11-21)26(31)34-4/h10-16,23H,5-9,17H2,1-4H3,(H,28,30)/b27-16+. The number of nitrogens with one attached hydrogen (secondary N) is 1. The van der Waals surface area contributed by atoms with Crippen LogP contribution in [0.1, 0.15) is 64.7 Å². The number of benzene rings is 2. The number of amides is 1. The summed E-state index contributed by atoms with van der Waals surface area (Å²) in [6, 6.07) is 10.0. The Labute approximate surface area is 207 Å². The van der Waals surface area contributed by atoms with Gasteiger partial charge in [0.1, 0.15) is 0 Å². The molecule has 0 atom stereocenters. The molecular formula is C26H33N3O5S. The number of ether oxygens (including phenoxy) is 1. The fourth-order valence-corrected chi connectivity index (χ4v) is 6.71. The number of esters is 1. The maximum Gasteiger partial charge on any atom is 0.337 e. The Bertz CT molecular complexity index is 1180. The lowest BCUT2D eigenvalue weighted by Gasteiger charge is -2.33. The summed E-state index contributed by atoms with van der Waals surface area (Å²) in [6.45, 7) is 5.21. The van der Waals surface area contributed by atoms with E-state index in [4.69, 9.17) is 0 Å². The third-order valence-electron chi connectivity index (χ3n) is 6.19. The van der Waals surface area contributed by atoms with Crippen LogP contribution in [0.4, 0.5) is 0 Å². The van der Waals surface area contributed by atoms with Crippen molar-refractivity contribution in [3.63, 3.8) is 0 Å². The van der Waals surface area contributed by atoms with E-state index in [2.05, 4.69) is 15.3 Å². The topological polar surface area (TPSA) is 105 Å². The van der Waals surface area contributed by atoms with Gasteiger partial charge in [0.05, 0.1) is 30.3 Å². The van der Waals surface area contributed by atoms with Gasteiger partial charge in [0.2, 0.25) is 10.0 Å². The average Bonchev–Trinajstić information content (AvgIpc) is 2.82. The third-order valence-corrected chi connectivity index (χ3v) is 8.39. The summed E-state index contributed by atoms with van der Waals surface area (Å²) in [5.41, 5.74) is 5.87. The molecule has 35 heavy (non-hydrogen) atoms. The fraction of sp³-hybridized carbons (Fsp3) is 0.423. The molecule has 2 aromatic carbocycles. The summed E-state index contributed by atoms with van der Waals surface area (Å²) < 4.78 is 33.6. The smallest absolute Gasteiger partial charge is 0.337 e. The lowest BCUT2D eigenvalue weighted by Crippen LogP contribution is -2.46. The van der Waals surface area contributed by atoms with Crippen molar-refractivity contribution in [1.82, 2.24) is 9.73 Å². The SMILES string of the molecule is COC(=O)c1ccc(/C=N/NC(=O)CN(C2CCCCC2)S(=O)(=O)c2c(C)cc(C)cc2C)cc1. The molecule has 188 valence electrons. The van der Waals surface area contributed by atoms with E-state index >= 15 is 0 Å². The molecule has 8 nitrogen and oxygen atoms in total.